The SMILES string of the molecule is COc1ccc(-c2ccc[nH+]c2-c2ccc(OC)cc2)cc1.[Cl-]. The normalized spacial score (nSPS) is 9.83. The first-order valence-electron chi connectivity index (χ1n) is 7.11. The van der Waals surface area contributed by atoms with Gasteiger partial charge in [-0.15, -0.1) is 0 Å². The van der Waals surface area contributed by atoms with Crippen LogP contribution in [0.5, 0.6) is 11.5 Å². The second kappa shape index (κ2) is 7.65. The lowest BCUT2D eigenvalue weighted by Gasteiger charge is -2.06. The third-order valence-corrected chi connectivity index (χ3v) is 3.64. The van der Waals surface area contributed by atoms with Gasteiger partial charge in [0.1, 0.15) is 11.5 Å². The van der Waals surface area contributed by atoms with Crippen LogP contribution in [0.3, 0.4) is 0 Å². The minimum atomic E-state index is 0. The molecule has 118 valence electrons. The molecule has 0 bridgehead atoms. The fourth-order valence-electron chi connectivity index (χ4n) is 2.44. The lowest BCUT2D eigenvalue weighted by atomic mass is 9.99. The molecule has 0 saturated heterocycles. The number of nitrogens with one attached hydrogen (secondary N) is 1. The molecule has 0 aliphatic carbocycles. The summed E-state index contributed by atoms with van der Waals surface area (Å²) < 4.78 is 10.4. The second-order valence-electron chi connectivity index (χ2n) is 4.92. The van der Waals surface area contributed by atoms with E-state index in [0.717, 1.165) is 33.9 Å². The highest BCUT2D eigenvalue weighted by molar-refractivity contribution is 5.78. The zero-order valence-electron chi connectivity index (χ0n) is 13.0. The Labute approximate surface area is 142 Å². The highest BCUT2D eigenvalue weighted by atomic mass is 35.5. The van der Waals surface area contributed by atoms with E-state index >= 15 is 0 Å². The summed E-state index contributed by atoms with van der Waals surface area (Å²) in [6.45, 7) is 0. The molecule has 0 spiro atoms. The maximum Gasteiger partial charge on any atom is 0.218 e. The van der Waals surface area contributed by atoms with E-state index in [1.54, 1.807) is 14.2 Å². The van der Waals surface area contributed by atoms with E-state index in [9.17, 15) is 0 Å². The Kier molecular flexibility index (Phi) is 5.61. The van der Waals surface area contributed by atoms with Gasteiger partial charge in [0.15, 0.2) is 6.20 Å². The summed E-state index contributed by atoms with van der Waals surface area (Å²) in [7, 11) is 3.35. The van der Waals surface area contributed by atoms with Crippen molar-refractivity contribution in [3.8, 4) is 33.9 Å². The number of methoxy groups -OCH3 is 2. The third-order valence-electron chi connectivity index (χ3n) is 3.64. The van der Waals surface area contributed by atoms with E-state index in [1.165, 1.54) is 0 Å². The van der Waals surface area contributed by atoms with E-state index in [0.29, 0.717) is 0 Å². The van der Waals surface area contributed by atoms with Gasteiger partial charge in [-0.25, -0.2) is 4.98 Å². The molecule has 1 aromatic heterocycles. The summed E-state index contributed by atoms with van der Waals surface area (Å²) in [5.74, 6) is 1.71. The minimum absolute atomic E-state index is 0. The van der Waals surface area contributed by atoms with Gasteiger partial charge in [0.2, 0.25) is 5.69 Å². The zero-order chi connectivity index (χ0) is 15.4. The molecule has 0 amide bonds. The minimum Gasteiger partial charge on any atom is -1.00 e. The molecule has 0 radical (unpaired) electrons. The molecule has 2 aromatic carbocycles. The Morgan fingerprint density at radius 2 is 1.22 bits per heavy atom. The second-order valence-corrected chi connectivity index (χ2v) is 4.92. The van der Waals surface area contributed by atoms with Gasteiger partial charge in [0.25, 0.3) is 0 Å². The van der Waals surface area contributed by atoms with Crippen LogP contribution in [0.15, 0.2) is 66.9 Å². The van der Waals surface area contributed by atoms with Crippen molar-refractivity contribution in [3.63, 3.8) is 0 Å². The number of halogens is 1. The number of aromatic amines is 1. The van der Waals surface area contributed by atoms with Crippen LogP contribution in [0.2, 0.25) is 0 Å². The maximum atomic E-state index is 5.22. The summed E-state index contributed by atoms with van der Waals surface area (Å²) >= 11 is 0. The van der Waals surface area contributed by atoms with Crippen LogP contribution in [0.1, 0.15) is 0 Å². The van der Waals surface area contributed by atoms with Crippen molar-refractivity contribution in [2.45, 2.75) is 0 Å². The molecular weight excluding hydrogens is 310 g/mol. The molecule has 3 nitrogen and oxygen atoms in total. The molecule has 4 heteroatoms. The van der Waals surface area contributed by atoms with E-state index < -0.39 is 0 Å². The molecule has 0 saturated carbocycles. The lowest BCUT2D eigenvalue weighted by Crippen LogP contribution is -3.00. The number of hydrogen-bond acceptors (Lipinski definition) is 2. The highest BCUT2D eigenvalue weighted by Crippen LogP contribution is 2.30. The summed E-state index contributed by atoms with van der Waals surface area (Å²) in [5.41, 5.74) is 4.49. The number of rotatable bonds is 4. The molecule has 23 heavy (non-hydrogen) atoms. The number of benzene rings is 2. The quantitative estimate of drug-likeness (QED) is 0.712. The van der Waals surface area contributed by atoms with E-state index in [-0.39, 0.29) is 12.4 Å². The Balaban J connectivity index is 0.00000192. The van der Waals surface area contributed by atoms with E-state index in [2.05, 4.69) is 35.3 Å². The smallest absolute Gasteiger partial charge is 0.218 e. The Bertz CT molecular complexity index is 689. The molecule has 0 atom stereocenters. The highest BCUT2D eigenvalue weighted by Gasteiger charge is 2.13. The van der Waals surface area contributed by atoms with Crippen molar-refractivity contribution in [1.29, 1.82) is 0 Å². The van der Waals surface area contributed by atoms with Crippen LogP contribution in [-0.2, 0) is 0 Å². The number of ether oxygens (including phenoxy) is 2. The average molecular weight is 328 g/mol. The van der Waals surface area contributed by atoms with E-state index in [1.807, 2.05) is 36.5 Å². The van der Waals surface area contributed by atoms with Crippen LogP contribution < -0.4 is 26.9 Å². The van der Waals surface area contributed by atoms with Crippen molar-refractivity contribution in [3.05, 3.63) is 66.9 Å². The van der Waals surface area contributed by atoms with Gasteiger partial charge < -0.3 is 21.9 Å². The largest absolute Gasteiger partial charge is 1.00 e. The average Bonchev–Trinajstić information content (AvgIpc) is 2.62. The van der Waals surface area contributed by atoms with Gasteiger partial charge in [0.05, 0.1) is 19.8 Å². The lowest BCUT2D eigenvalue weighted by molar-refractivity contribution is -0.364. The van der Waals surface area contributed by atoms with Gasteiger partial charge in [-0.3, -0.25) is 0 Å². The summed E-state index contributed by atoms with van der Waals surface area (Å²) in [4.78, 5) is 3.35. The molecule has 0 aliphatic heterocycles. The fourth-order valence-corrected chi connectivity index (χ4v) is 2.44. The molecule has 0 fully saturated rings. The molecule has 1 heterocycles. The number of H-pyrrole nitrogens is 1. The predicted molar refractivity (Wildman–Crippen MR) is 87.0 cm³/mol. The molecule has 3 rings (SSSR count). The van der Waals surface area contributed by atoms with Gasteiger partial charge in [-0.1, -0.05) is 12.1 Å². The van der Waals surface area contributed by atoms with E-state index in [4.69, 9.17) is 9.47 Å². The van der Waals surface area contributed by atoms with Crippen LogP contribution >= 0.6 is 0 Å². The monoisotopic (exact) mass is 327 g/mol. The van der Waals surface area contributed by atoms with Gasteiger partial charge >= 0.3 is 0 Å². The zero-order valence-corrected chi connectivity index (χ0v) is 13.8. The molecule has 0 unspecified atom stereocenters. The molecule has 0 aliphatic rings. The maximum absolute atomic E-state index is 5.22. The first-order chi connectivity index (χ1) is 10.8. The Morgan fingerprint density at radius 3 is 1.74 bits per heavy atom. The van der Waals surface area contributed by atoms with Crippen molar-refractivity contribution in [2.24, 2.45) is 0 Å². The van der Waals surface area contributed by atoms with Crippen LogP contribution in [0.4, 0.5) is 0 Å². The van der Waals surface area contributed by atoms with Crippen LogP contribution in [-0.4, -0.2) is 14.2 Å². The summed E-state index contributed by atoms with van der Waals surface area (Å²) in [6, 6.07) is 20.2. The van der Waals surface area contributed by atoms with Crippen LogP contribution in [0, 0.1) is 0 Å². The van der Waals surface area contributed by atoms with Crippen molar-refractivity contribution in [1.82, 2.24) is 0 Å². The standard InChI is InChI=1S/C19H17NO2.ClH/c1-21-16-9-5-14(6-10-16)18-4-3-13-20-19(18)15-7-11-17(22-2)12-8-15;/h3-13H,1-2H3;1H. The number of aromatic nitrogens is 1. The fraction of sp³-hybridized carbons (Fsp3) is 0.105. The summed E-state index contributed by atoms with van der Waals surface area (Å²) in [5, 5.41) is 0. The van der Waals surface area contributed by atoms with Crippen molar-refractivity contribution in [2.75, 3.05) is 14.2 Å². The van der Waals surface area contributed by atoms with Crippen LogP contribution in [0.25, 0.3) is 22.4 Å². The van der Waals surface area contributed by atoms with Crippen molar-refractivity contribution >= 4 is 0 Å². The number of pyridine rings is 1. The predicted octanol–water partition coefficient (Wildman–Crippen LogP) is 0.856. The van der Waals surface area contributed by atoms with Gasteiger partial charge in [-0.05, 0) is 48.0 Å². The third kappa shape index (κ3) is 3.63. The van der Waals surface area contributed by atoms with Gasteiger partial charge in [0, 0.05) is 11.6 Å². The summed E-state index contributed by atoms with van der Waals surface area (Å²) in [6.07, 6.45) is 1.94. The topological polar surface area (TPSA) is 32.6 Å². The Morgan fingerprint density at radius 1 is 0.696 bits per heavy atom. The molecular formula is C19H18ClNO2. The molecule has 1 N–H and O–H groups in total. The number of hydrogen-bond donors (Lipinski definition) is 0. The molecule has 3 aromatic rings. The van der Waals surface area contributed by atoms with Gasteiger partial charge in [-0.2, -0.15) is 0 Å². The first kappa shape index (κ1) is 16.8. The van der Waals surface area contributed by atoms with Crippen molar-refractivity contribution < 1.29 is 26.9 Å². The first-order valence-corrected chi connectivity index (χ1v) is 7.11. The Hall–Kier alpha value is -2.52.